The Balaban J connectivity index is 3.22. The van der Waals surface area contributed by atoms with Crippen LogP contribution in [-0.4, -0.2) is 18.5 Å². The van der Waals surface area contributed by atoms with Crippen molar-refractivity contribution in [1.82, 2.24) is 0 Å². The summed E-state index contributed by atoms with van der Waals surface area (Å²) >= 11 is 0. The van der Waals surface area contributed by atoms with Crippen LogP contribution in [0.15, 0.2) is 0 Å². The van der Waals surface area contributed by atoms with Gasteiger partial charge in [-0.05, 0) is 31.3 Å². The molecular weight excluding hydrogens is 199 g/mol. The van der Waals surface area contributed by atoms with E-state index in [1.165, 1.54) is 63.7 Å². The number of hydrogen-bond donors (Lipinski definition) is 0. The van der Waals surface area contributed by atoms with Crippen LogP contribution in [0.25, 0.3) is 0 Å². The Hall–Kier alpha value is 0.430. The van der Waals surface area contributed by atoms with E-state index in [9.17, 15) is 0 Å². The van der Waals surface area contributed by atoms with E-state index in [1.54, 1.807) is 6.16 Å². The van der Waals surface area contributed by atoms with E-state index >= 15 is 0 Å². The van der Waals surface area contributed by atoms with Crippen LogP contribution in [0.2, 0.25) is 0 Å². The highest BCUT2D eigenvalue weighted by Gasteiger charge is 2.03. The third-order valence-corrected chi connectivity index (χ3v) is 5.89. The van der Waals surface area contributed by atoms with Gasteiger partial charge in [0.15, 0.2) is 0 Å². The minimum absolute atomic E-state index is 0.411. The van der Waals surface area contributed by atoms with Gasteiger partial charge in [0.1, 0.15) is 0 Å². The normalized spacial score (nSPS) is 13.0. The van der Waals surface area contributed by atoms with Gasteiger partial charge in [0, 0.05) is 0 Å². The second-order valence-corrected chi connectivity index (χ2v) is 7.42. The van der Waals surface area contributed by atoms with Crippen LogP contribution in [0.5, 0.6) is 0 Å². The molecule has 0 N–H and O–H groups in total. The summed E-state index contributed by atoms with van der Waals surface area (Å²) in [5.74, 6) is 0. The topological polar surface area (TPSA) is 0 Å². The largest absolute Gasteiger partial charge is 0.107 e. The van der Waals surface area contributed by atoms with Crippen molar-refractivity contribution in [2.45, 2.75) is 72.1 Å². The summed E-state index contributed by atoms with van der Waals surface area (Å²) in [6.45, 7) is 6.99. The summed E-state index contributed by atoms with van der Waals surface area (Å²) < 4.78 is 0. The Labute approximate surface area is 99.0 Å². The van der Waals surface area contributed by atoms with Crippen molar-refractivity contribution < 1.29 is 0 Å². The SMILES string of the molecule is CCCCCCCCP(CC)CCCC. The maximum atomic E-state index is 2.39. The fourth-order valence-corrected chi connectivity index (χ4v) is 4.22. The molecule has 1 atom stereocenters. The highest BCUT2D eigenvalue weighted by atomic mass is 31.1. The Kier molecular flexibility index (Phi) is 12.9. The first-order valence-corrected chi connectivity index (χ1v) is 8.97. The highest BCUT2D eigenvalue weighted by molar-refractivity contribution is 7.57. The lowest BCUT2D eigenvalue weighted by Crippen LogP contribution is -1.93. The monoisotopic (exact) mass is 230 g/mol. The zero-order chi connectivity index (χ0) is 11.4. The molecule has 0 spiro atoms. The molecule has 0 amide bonds. The van der Waals surface area contributed by atoms with Gasteiger partial charge in [-0.2, -0.15) is 0 Å². The van der Waals surface area contributed by atoms with Crippen LogP contribution < -0.4 is 0 Å². The lowest BCUT2D eigenvalue weighted by molar-refractivity contribution is 0.626. The zero-order valence-electron chi connectivity index (χ0n) is 11.2. The van der Waals surface area contributed by atoms with E-state index < -0.39 is 0 Å². The van der Waals surface area contributed by atoms with Crippen LogP contribution in [0.4, 0.5) is 0 Å². The summed E-state index contributed by atoms with van der Waals surface area (Å²) in [5, 5.41) is 0. The minimum atomic E-state index is 0.411. The maximum absolute atomic E-state index is 2.39. The molecule has 92 valence electrons. The van der Waals surface area contributed by atoms with E-state index in [2.05, 4.69) is 20.8 Å². The maximum Gasteiger partial charge on any atom is -0.0326 e. The standard InChI is InChI=1S/C14H31P/c1-4-7-9-10-11-12-14-15(6-3)13-8-5-2/h4-14H2,1-3H3. The molecule has 0 aliphatic rings. The first kappa shape index (κ1) is 15.4. The lowest BCUT2D eigenvalue weighted by Gasteiger charge is -2.14. The molecule has 1 unspecified atom stereocenters. The van der Waals surface area contributed by atoms with Gasteiger partial charge in [0.25, 0.3) is 0 Å². The van der Waals surface area contributed by atoms with Gasteiger partial charge in [0.2, 0.25) is 0 Å². The van der Waals surface area contributed by atoms with E-state index in [4.69, 9.17) is 0 Å². The second-order valence-electron chi connectivity index (χ2n) is 4.56. The van der Waals surface area contributed by atoms with Gasteiger partial charge < -0.3 is 0 Å². The fraction of sp³-hybridized carbons (Fsp3) is 1.00. The molecule has 1 heteroatoms. The summed E-state index contributed by atoms with van der Waals surface area (Å²) in [4.78, 5) is 0. The molecule has 0 aromatic heterocycles. The van der Waals surface area contributed by atoms with Crippen molar-refractivity contribution in [2.75, 3.05) is 18.5 Å². The molecule has 15 heavy (non-hydrogen) atoms. The number of rotatable bonds is 11. The molecule has 0 nitrogen and oxygen atoms in total. The van der Waals surface area contributed by atoms with Crippen molar-refractivity contribution in [1.29, 1.82) is 0 Å². The smallest absolute Gasteiger partial charge is 0.0326 e. The second kappa shape index (κ2) is 12.5. The first-order chi connectivity index (χ1) is 7.35. The summed E-state index contributed by atoms with van der Waals surface area (Å²) in [6.07, 6.45) is 16.2. The van der Waals surface area contributed by atoms with Crippen molar-refractivity contribution in [3.63, 3.8) is 0 Å². The van der Waals surface area contributed by atoms with Gasteiger partial charge >= 0.3 is 0 Å². The molecule has 0 aliphatic heterocycles. The van der Waals surface area contributed by atoms with Crippen molar-refractivity contribution in [3.05, 3.63) is 0 Å². The average Bonchev–Trinajstić information content (AvgIpc) is 2.27. The quantitative estimate of drug-likeness (QED) is 0.318. The van der Waals surface area contributed by atoms with E-state index in [0.717, 1.165) is 0 Å². The Morgan fingerprint density at radius 3 is 1.73 bits per heavy atom. The fourth-order valence-electron chi connectivity index (χ4n) is 1.93. The van der Waals surface area contributed by atoms with Crippen molar-refractivity contribution in [2.24, 2.45) is 0 Å². The molecule has 0 rings (SSSR count). The van der Waals surface area contributed by atoms with E-state index in [0.29, 0.717) is 7.92 Å². The minimum Gasteiger partial charge on any atom is -0.107 e. The predicted octanol–water partition coefficient (Wildman–Crippen LogP) is 5.65. The Morgan fingerprint density at radius 1 is 0.600 bits per heavy atom. The number of hydrogen-bond acceptors (Lipinski definition) is 0. The first-order valence-electron chi connectivity index (χ1n) is 7.07. The predicted molar refractivity (Wildman–Crippen MR) is 75.5 cm³/mol. The van der Waals surface area contributed by atoms with Crippen molar-refractivity contribution >= 4 is 7.92 Å². The van der Waals surface area contributed by atoms with Gasteiger partial charge in [-0.25, -0.2) is 0 Å². The van der Waals surface area contributed by atoms with Gasteiger partial charge in [-0.3, -0.25) is 0 Å². The molecule has 0 aromatic rings. The molecular formula is C14H31P. The number of unbranched alkanes of at least 4 members (excludes halogenated alkanes) is 6. The van der Waals surface area contributed by atoms with Crippen LogP contribution in [-0.2, 0) is 0 Å². The molecule has 0 fully saturated rings. The van der Waals surface area contributed by atoms with Crippen molar-refractivity contribution in [3.8, 4) is 0 Å². The molecule has 0 heterocycles. The third-order valence-electron chi connectivity index (χ3n) is 3.10. The molecule has 0 aromatic carbocycles. The van der Waals surface area contributed by atoms with Crippen LogP contribution in [0.3, 0.4) is 0 Å². The van der Waals surface area contributed by atoms with Crippen LogP contribution in [0.1, 0.15) is 72.1 Å². The third kappa shape index (κ3) is 10.7. The summed E-state index contributed by atoms with van der Waals surface area (Å²) in [5.41, 5.74) is 0. The van der Waals surface area contributed by atoms with E-state index in [-0.39, 0.29) is 0 Å². The van der Waals surface area contributed by atoms with Crippen LogP contribution >= 0.6 is 7.92 Å². The molecule has 0 radical (unpaired) electrons. The summed E-state index contributed by atoms with van der Waals surface area (Å²) in [6, 6.07) is 0. The molecule has 0 saturated heterocycles. The summed E-state index contributed by atoms with van der Waals surface area (Å²) in [7, 11) is 0.411. The van der Waals surface area contributed by atoms with Gasteiger partial charge in [0.05, 0.1) is 0 Å². The van der Waals surface area contributed by atoms with Gasteiger partial charge in [-0.15, -0.1) is 7.92 Å². The zero-order valence-corrected chi connectivity index (χ0v) is 12.1. The highest BCUT2D eigenvalue weighted by Crippen LogP contribution is 2.37. The molecule has 0 bridgehead atoms. The molecule has 0 saturated carbocycles. The average molecular weight is 230 g/mol. The Morgan fingerprint density at radius 2 is 1.13 bits per heavy atom. The molecule has 0 aliphatic carbocycles. The Bertz CT molecular complexity index is 112. The van der Waals surface area contributed by atoms with E-state index in [1.807, 2.05) is 0 Å². The lowest BCUT2D eigenvalue weighted by atomic mass is 10.1. The van der Waals surface area contributed by atoms with Gasteiger partial charge in [-0.1, -0.05) is 59.3 Å². The van der Waals surface area contributed by atoms with Crippen LogP contribution in [0, 0.1) is 0 Å².